The van der Waals surface area contributed by atoms with Crippen molar-refractivity contribution in [2.24, 2.45) is 10.9 Å². The standard InChI is InChI=1S/C15H30N4O4S2.HI/c1-4-17-25(22,23)14-5-7-19(10-14)15(18-12(2)3)16-9-13-6-8-24(20,21)11-13;/h12-14,17H,4-11H2,1-3H3,(H,16,18);1H. The van der Waals surface area contributed by atoms with Crippen LogP contribution in [0, 0.1) is 5.92 Å². The first-order valence-corrected chi connectivity index (χ1v) is 12.2. The van der Waals surface area contributed by atoms with E-state index >= 15 is 0 Å². The number of nitrogens with zero attached hydrogens (tertiary/aromatic N) is 2. The number of hydrogen-bond acceptors (Lipinski definition) is 5. The Bertz CT molecular complexity index is 694. The molecule has 2 saturated heterocycles. The zero-order valence-electron chi connectivity index (χ0n) is 15.6. The molecule has 2 fully saturated rings. The minimum Gasteiger partial charge on any atom is -0.354 e. The van der Waals surface area contributed by atoms with Crippen molar-refractivity contribution in [3.63, 3.8) is 0 Å². The minimum atomic E-state index is -3.30. The summed E-state index contributed by atoms with van der Waals surface area (Å²) in [6.07, 6.45) is 1.21. The molecule has 0 aromatic rings. The number of nitrogens with one attached hydrogen (secondary N) is 2. The van der Waals surface area contributed by atoms with Gasteiger partial charge in [-0.3, -0.25) is 4.99 Å². The van der Waals surface area contributed by atoms with Gasteiger partial charge in [0.25, 0.3) is 0 Å². The van der Waals surface area contributed by atoms with E-state index in [4.69, 9.17) is 0 Å². The first-order valence-electron chi connectivity index (χ1n) is 8.88. The van der Waals surface area contributed by atoms with Crippen LogP contribution in [0.3, 0.4) is 0 Å². The van der Waals surface area contributed by atoms with Gasteiger partial charge in [0.2, 0.25) is 10.0 Å². The summed E-state index contributed by atoms with van der Waals surface area (Å²) in [5.41, 5.74) is 0. The molecule has 0 amide bonds. The van der Waals surface area contributed by atoms with Crippen LogP contribution in [0.1, 0.15) is 33.6 Å². The fourth-order valence-corrected chi connectivity index (χ4v) is 6.50. The highest BCUT2D eigenvalue weighted by Crippen LogP contribution is 2.20. The van der Waals surface area contributed by atoms with Gasteiger partial charge in [-0.05, 0) is 32.6 Å². The monoisotopic (exact) mass is 522 g/mol. The first-order chi connectivity index (χ1) is 11.6. The molecule has 0 bridgehead atoms. The molecule has 26 heavy (non-hydrogen) atoms. The Morgan fingerprint density at radius 1 is 1.31 bits per heavy atom. The summed E-state index contributed by atoms with van der Waals surface area (Å²) in [7, 11) is -6.22. The summed E-state index contributed by atoms with van der Waals surface area (Å²) < 4.78 is 50.1. The zero-order chi connectivity index (χ0) is 18.7. The van der Waals surface area contributed by atoms with Crippen LogP contribution in [0.25, 0.3) is 0 Å². The van der Waals surface area contributed by atoms with E-state index in [-0.39, 0.29) is 47.4 Å². The van der Waals surface area contributed by atoms with Crippen LogP contribution in [0.2, 0.25) is 0 Å². The van der Waals surface area contributed by atoms with E-state index in [0.29, 0.717) is 45.0 Å². The Labute approximate surface area is 174 Å². The van der Waals surface area contributed by atoms with E-state index in [1.165, 1.54) is 0 Å². The van der Waals surface area contributed by atoms with Gasteiger partial charge in [0, 0.05) is 32.2 Å². The second-order valence-electron chi connectivity index (χ2n) is 7.13. The number of hydrogen-bond donors (Lipinski definition) is 2. The summed E-state index contributed by atoms with van der Waals surface area (Å²) in [4.78, 5) is 6.57. The Morgan fingerprint density at radius 3 is 2.54 bits per heavy atom. The Balaban J connectivity index is 0.00000338. The van der Waals surface area contributed by atoms with Crippen LogP contribution < -0.4 is 10.0 Å². The Morgan fingerprint density at radius 2 is 2.00 bits per heavy atom. The number of likely N-dealkylation sites (tertiary alicyclic amines) is 1. The minimum absolute atomic E-state index is 0. The fourth-order valence-electron chi connectivity index (χ4n) is 3.22. The highest BCUT2D eigenvalue weighted by atomic mass is 127. The second kappa shape index (κ2) is 9.87. The first kappa shape index (κ1) is 23.9. The van der Waals surface area contributed by atoms with Crippen LogP contribution in [0.5, 0.6) is 0 Å². The number of halogens is 1. The lowest BCUT2D eigenvalue weighted by Gasteiger charge is -2.24. The topological polar surface area (TPSA) is 108 Å². The molecule has 11 heteroatoms. The van der Waals surface area contributed by atoms with Crippen LogP contribution >= 0.6 is 24.0 Å². The highest BCUT2D eigenvalue weighted by Gasteiger charge is 2.34. The number of aliphatic imine (C=N–C) groups is 1. The van der Waals surface area contributed by atoms with Gasteiger partial charge >= 0.3 is 0 Å². The van der Waals surface area contributed by atoms with Crippen molar-refractivity contribution in [2.75, 3.05) is 37.7 Å². The molecule has 0 aliphatic carbocycles. The maximum absolute atomic E-state index is 12.2. The third-order valence-corrected chi connectivity index (χ3v) is 8.26. The van der Waals surface area contributed by atoms with Gasteiger partial charge in [-0.2, -0.15) is 0 Å². The third kappa shape index (κ3) is 6.79. The molecule has 8 nitrogen and oxygen atoms in total. The molecular weight excluding hydrogens is 491 g/mol. The van der Waals surface area contributed by atoms with E-state index in [9.17, 15) is 16.8 Å². The molecule has 0 radical (unpaired) electrons. The van der Waals surface area contributed by atoms with Crippen molar-refractivity contribution >= 4 is 49.8 Å². The fraction of sp³-hybridized carbons (Fsp3) is 0.933. The van der Waals surface area contributed by atoms with Gasteiger partial charge in [0.1, 0.15) is 0 Å². The number of sulfone groups is 1. The molecule has 0 aromatic carbocycles. The summed E-state index contributed by atoms with van der Waals surface area (Å²) in [6.45, 7) is 7.63. The maximum Gasteiger partial charge on any atom is 0.216 e. The molecule has 2 N–H and O–H groups in total. The summed E-state index contributed by atoms with van der Waals surface area (Å²) in [6, 6.07) is 0.162. The molecule has 2 rings (SSSR count). The highest BCUT2D eigenvalue weighted by molar-refractivity contribution is 14.0. The Kier molecular flexibility index (Phi) is 9.08. The third-order valence-electron chi connectivity index (χ3n) is 4.47. The molecular formula is C15H31IN4O4S2. The van der Waals surface area contributed by atoms with Crippen molar-refractivity contribution in [2.45, 2.75) is 44.9 Å². The van der Waals surface area contributed by atoms with Crippen LogP contribution in [-0.2, 0) is 19.9 Å². The lowest BCUT2D eigenvalue weighted by molar-refractivity contribution is 0.474. The zero-order valence-corrected chi connectivity index (χ0v) is 19.6. The van der Waals surface area contributed by atoms with E-state index < -0.39 is 25.1 Å². The number of guanidine groups is 1. The quantitative estimate of drug-likeness (QED) is 0.297. The summed E-state index contributed by atoms with van der Waals surface area (Å²) in [5.74, 6) is 1.17. The van der Waals surface area contributed by atoms with Crippen LogP contribution in [-0.4, -0.2) is 76.7 Å². The average molecular weight is 522 g/mol. The molecule has 0 saturated carbocycles. The number of sulfonamides is 1. The van der Waals surface area contributed by atoms with Crippen molar-refractivity contribution in [3.05, 3.63) is 0 Å². The molecule has 2 atom stereocenters. The second-order valence-corrected chi connectivity index (χ2v) is 11.4. The van der Waals surface area contributed by atoms with E-state index in [0.717, 1.165) is 0 Å². The average Bonchev–Trinajstić information content (AvgIpc) is 3.10. The lowest BCUT2D eigenvalue weighted by atomic mass is 10.1. The molecule has 2 heterocycles. The lowest BCUT2D eigenvalue weighted by Crippen LogP contribution is -2.45. The van der Waals surface area contributed by atoms with Gasteiger partial charge in [0.05, 0.1) is 16.8 Å². The predicted octanol–water partition coefficient (Wildman–Crippen LogP) is 0.407. The van der Waals surface area contributed by atoms with Crippen molar-refractivity contribution in [3.8, 4) is 0 Å². The largest absolute Gasteiger partial charge is 0.354 e. The van der Waals surface area contributed by atoms with Crippen molar-refractivity contribution in [1.29, 1.82) is 0 Å². The predicted molar refractivity (Wildman–Crippen MR) is 115 cm³/mol. The molecule has 0 spiro atoms. The molecule has 2 aliphatic heterocycles. The summed E-state index contributed by atoms with van der Waals surface area (Å²) >= 11 is 0. The normalized spacial score (nSPS) is 26.2. The van der Waals surface area contributed by atoms with Gasteiger partial charge < -0.3 is 10.2 Å². The summed E-state index contributed by atoms with van der Waals surface area (Å²) in [5, 5.41) is 2.84. The molecule has 2 unspecified atom stereocenters. The molecule has 0 aromatic heterocycles. The molecule has 154 valence electrons. The maximum atomic E-state index is 12.2. The molecule has 2 aliphatic rings. The van der Waals surface area contributed by atoms with Gasteiger partial charge in [-0.1, -0.05) is 6.92 Å². The van der Waals surface area contributed by atoms with Gasteiger partial charge in [-0.15, -0.1) is 24.0 Å². The van der Waals surface area contributed by atoms with Crippen LogP contribution in [0.4, 0.5) is 0 Å². The van der Waals surface area contributed by atoms with Gasteiger partial charge in [0.15, 0.2) is 15.8 Å². The number of rotatable bonds is 6. The van der Waals surface area contributed by atoms with Crippen molar-refractivity contribution in [1.82, 2.24) is 14.9 Å². The van der Waals surface area contributed by atoms with E-state index in [2.05, 4.69) is 15.0 Å². The smallest absolute Gasteiger partial charge is 0.216 e. The Hall–Kier alpha value is -0.140. The van der Waals surface area contributed by atoms with Gasteiger partial charge in [-0.25, -0.2) is 21.6 Å². The van der Waals surface area contributed by atoms with Crippen LogP contribution in [0.15, 0.2) is 4.99 Å². The van der Waals surface area contributed by atoms with Crippen molar-refractivity contribution < 1.29 is 16.8 Å². The van der Waals surface area contributed by atoms with E-state index in [1.54, 1.807) is 6.92 Å². The van der Waals surface area contributed by atoms with E-state index in [1.807, 2.05) is 18.7 Å². The SMILES string of the molecule is CCNS(=O)(=O)C1CCN(C(=NCC2CCS(=O)(=O)C2)NC(C)C)C1.I.